The molecule has 1 aromatic rings. The van der Waals surface area contributed by atoms with Crippen LogP contribution in [0.4, 0.5) is 0 Å². The lowest BCUT2D eigenvalue weighted by Crippen LogP contribution is -2.33. The Morgan fingerprint density at radius 1 is 1.10 bits per heavy atom. The Kier molecular flexibility index (Phi) is 10.2. The monoisotopic (exact) mass is 407 g/mol. The average molecular weight is 408 g/mol. The molecule has 1 heterocycles. The minimum absolute atomic E-state index is 0.204. The van der Waals surface area contributed by atoms with E-state index < -0.39 is 11.9 Å². The molecular formula is C23H37NO5. The predicted molar refractivity (Wildman–Crippen MR) is 115 cm³/mol. The smallest absolute Gasteiger partial charge is 0.414 e. The first-order valence-corrected chi connectivity index (χ1v) is 10.4. The summed E-state index contributed by atoms with van der Waals surface area (Å²) in [5.41, 5.74) is 2.83. The number of likely N-dealkylation sites (tertiary alicyclic amines) is 1. The van der Waals surface area contributed by atoms with Crippen LogP contribution < -0.4 is 4.74 Å². The van der Waals surface area contributed by atoms with E-state index in [9.17, 15) is 0 Å². The van der Waals surface area contributed by atoms with Crippen molar-refractivity contribution in [1.82, 2.24) is 4.90 Å². The fraction of sp³-hybridized carbons (Fsp3) is 0.652. The van der Waals surface area contributed by atoms with Gasteiger partial charge >= 0.3 is 11.9 Å². The predicted octanol–water partition coefficient (Wildman–Crippen LogP) is 4.34. The number of rotatable bonds is 6. The van der Waals surface area contributed by atoms with Crippen molar-refractivity contribution in [2.75, 3.05) is 26.2 Å². The highest BCUT2D eigenvalue weighted by atomic mass is 16.5. The molecule has 2 N–H and O–H groups in total. The summed E-state index contributed by atoms with van der Waals surface area (Å²) in [6.45, 7) is 15.9. The molecule has 164 valence electrons. The first-order valence-electron chi connectivity index (χ1n) is 10.4. The highest BCUT2D eigenvalue weighted by molar-refractivity contribution is 6.27. The van der Waals surface area contributed by atoms with Crippen molar-refractivity contribution in [2.45, 2.75) is 65.7 Å². The largest absolute Gasteiger partial charge is 0.493 e. The molecule has 0 amide bonds. The molecule has 0 aromatic heterocycles. The number of benzene rings is 1. The quantitative estimate of drug-likeness (QED) is 0.539. The highest BCUT2D eigenvalue weighted by Gasteiger charge is 2.16. The van der Waals surface area contributed by atoms with Crippen LogP contribution >= 0.6 is 0 Å². The molecule has 1 aliphatic rings. The van der Waals surface area contributed by atoms with Gasteiger partial charge in [0, 0.05) is 0 Å². The van der Waals surface area contributed by atoms with Crippen LogP contribution in [-0.4, -0.2) is 53.3 Å². The van der Waals surface area contributed by atoms with Crippen LogP contribution in [0.1, 0.15) is 64.5 Å². The summed E-state index contributed by atoms with van der Waals surface area (Å²) in [6.07, 6.45) is 5.13. The van der Waals surface area contributed by atoms with E-state index in [1.807, 2.05) is 0 Å². The van der Waals surface area contributed by atoms with Gasteiger partial charge in [-0.1, -0.05) is 39.8 Å². The number of hydrogen-bond acceptors (Lipinski definition) is 4. The molecule has 1 saturated heterocycles. The molecular weight excluding hydrogens is 370 g/mol. The second-order valence-corrected chi connectivity index (χ2v) is 8.92. The van der Waals surface area contributed by atoms with Crippen molar-refractivity contribution in [2.24, 2.45) is 5.92 Å². The van der Waals surface area contributed by atoms with Gasteiger partial charge in [-0.3, -0.25) is 0 Å². The molecule has 1 aliphatic heterocycles. The molecule has 0 radical (unpaired) electrons. The minimum Gasteiger partial charge on any atom is -0.493 e. The number of aliphatic carboxylic acids is 2. The Bertz CT molecular complexity index is 646. The summed E-state index contributed by atoms with van der Waals surface area (Å²) < 4.78 is 5.99. The molecule has 6 nitrogen and oxygen atoms in total. The number of carboxylic acids is 2. The molecule has 0 unspecified atom stereocenters. The fourth-order valence-electron chi connectivity index (χ4n) is 3.18. The maximum atomic E-state index is 9.10. The molecule has 0 atom stereocenters. The van der Waals surface area contributed by atoms with E-state index >= 15 is 0 Å². The normalized spacial score (nSPS) is 15.3. The number of unbranched alkanes of at least 4 members (excludes halogenated alkanes) is 1. The molecule has 0 aliphatic carbocycles. The molecule has 2 rings (SSSR count). The molecule has 0 bridgehead atoms. The second-order valence-electron chi connectivity index (χ2n) is 8.92. The van der Waals surface area contributed by atoms with Crippen LogP contribution in [0, 0.1) is 12.8 Å². The number of hydrogen-bond donors (Lipinski definition) is 2. The molecule has 1 fully saturated rings. The van der Waals surface area contributed by atoms with E-state index in [1.165, 1.54) is 50.0 Å². The number of carbonyl (C=O) groups is 2. The number of piperidine rings is 1. The topological polar surface area (TPSA) is 87.1 Å². The van der Waals surface area contributed by atoms with Gasteiger partial charge in [-0.05, 0) is 80.8 Å². The second kappa shape index (κ2) is 11.8. The highest BCUT2D eigenvalue weighted by Crippen LogP contribution is 2.27. The van der Waals surface area contributed by atoms with Crippen molar-refractivity contribution in [3.8, 4) is 5.75 Å². The lowest BCUT2D eigenvalue weighted by Gasteiger charge is -2.30. The number of ether oxygens (including phenoxy) is 1. The third-order valence-electron chi connectivity index (χ3n) is 5.23. The Hall–Kier alpha value is -2.08. The number of nitrogens with zero attached hydrogens (tertiary/aromatic N) is 1. The van der Waals surface area contributed by atoms with Gasteiger partial charge in [-0.2, -0.15) is 0 Å². The maximum absolute atomic E-state index is 9.10. The summed E-state index contributed by atoms with van der Waals surface area (Å²) in [7, 11) is 0. The zero-order valence-corrected chi connectivity index (χ0v) is 18.5. The van der Waals surface area contributed by atoms with Gasteiger partial charge in [0.15, 0.2) is 0 Å². The third-order valence-corrected chi connectivity index (χ3v) is 5.23. The van der Waals surface area contributed by atoms with E-state index in [2.05, 4.69) is 57.7 Å². The SMILES string of the molecule is Cc1cc(C(C)(C)C)ccc1OCCCCN1CCC(C)CC1.O=C(O)C(=O)O. The summed E-state index contributed by atoms with van der Waals surface area (Å²) in [5, 5.41) is 14.8. The van der Waals surface area contributed by atoms with Crippen LogP contribution in [-0.2, 0) is 15.0 Å². The van der Waals surface area contributed by atoms with Crippen molar-refractivity contribution in [1.29, 1.82) is 0 Å². The first-order chi connectivity index (χ1) is 13.5. The first kappa shape index (κ1) is 25.0. The van der Waals surface area contributed by atoms with E-state index in [0.717, 1.165) is 24.7 Å². The molecule has 29 heavy (non-hydrogen) atoms. The van der Waals surface area contributed by atoms with Crippen molar-refractivity contribution in [3.63, 3.8) is 0 Å². The van der Waals surface area contributed by atoms with Gasteiger partial charge in [-0.15, -0.1) is 0 Å². The summed E-state index contributed by atoms with van der Waals surface area (Å²) in [6, 6.07) is 6.61. The Balaban J connectivity index is 0.000000612. The Morgan fingerprint density at radius 2 is 1.69 bits per heavy atom. The van der Waals surface area contributed by atoms with Crippen molar-refractivity contribution < 1.29 is 24.5 Å². The Morgan fingerprint density at radius 3 is 2.17 bits per heavy atom. The number of carboxylic acid groups (broad SMARTS) is 2. The van der Waals surface area contributed by atoms with Gasteiger partial charge in [0.25, 0.3) is 0 Å². The van der Waals surface area contributed by atoms with Gasteiger partial charge in [-0.25, -0.2) is 9.59 Å². The lowest BCUT2D eigenvalue weighted by molar-refractivity contribution is -0.159. The van der Waals surface area contributed by atoms with Gasteiger partial charge < -0.3 is 19.8 Å². The summed E-state index contributed by atoms with van der Waals surface area (Å²) in [5.74, 6) is -1.68. The fourth-order valence-corrected chi connectivity index (χ4v) is 3.18. The summed E-state index contributed by atoms with van der Waals surface area (Å²) in [4.78, 5) is 20.8. The maximum Gasteiger partial charge on any atom is 0.414 e. The lowest BCUT2D eigenvalue weighted by atomic mass is 9.86. The Labute approximate surface area is 174 Å². The van der Waals surface area contributed by atoms with E-state index in [1.54, 1.807) is 0 Å². The van der Waals surface area contributed by atoms with Crippen LogP contribution in [0.25, 0.3) is 0 Å². The van der Waals surface area contributed by atoms with Gasteiger partial charge in [0.2, 0.25) is 0 Å². The molecule has 6 heteroatoms. The zero-order chi connectivity index (χ0) is 22.0. The van der Waals surface area contributed by atoms with Gasteiger partial charge in [0.05, 0.1) is 6.61 Å². The van der Waals surface area contributed by atoms with Crippen LogP contribution in [0.5, 0.6) is 5.75 Å². The number of aryl methyl sites for hydroxylation is 1. The molecule has 0 spiro atoms. The van der Waals surface area contributed by atoms with E-state index in [0.29, 0.717) is 0 Å². The zero-order valence-electron chi connectivity index (χ0n) is 18.5. The third kappa shape index (κ3) is 9.79. The van der Waals surface area contributed by atoms with Crippen molar-refractivity contribution >= 4 is 11.9 Å². The standard InChI is InChI=1S/C21H35NO.C2H2O4/c1-17-10-13-22(14-11-17)12-6-7-15-23-20-9-8-19(16-18(20)2)21(3,4)5;3-1(4)2(5)6/h8-9,16-17H,6-7,10-15H2,1-5H3;(H,3,4)(H,5,6). The van der Waals surface area contributed by atoms with Crippen LogP contribution in [0.3, 0.4) is 0 Å². The molecule has 0 saturated carbocycles. The van der Waals surface area contributed by atoms with Crippen LogP contribution in [0.2, 0.25) is 0 Å². The average Bonchev–Trinajstić information content (AvgIpc) is 2.63. The molecule has 1 aromatic carbocycles. The van der Waals surface area contributed by atoms with E-state index in [4.69, 9.17) is 24.5 Å². The van der Waals surface area contributed by atoms with Crippen LogP contribution in [0.15, 0.2) is 18.2 Å². The van der Waals surface area contributed by atoms with E-state index in [-0.39, 0.29) is 5.41 Å². The van der Waals surface area contributed by atoms with Crippen molar-refractivity contribution in [3.05, 3.63) is 29.3 Å². The van der Waals surface area contributed by atoms with Gasteiger partial charge in [0.1, 0.15) is 5.75 Å². The summed E-state index contributed by atoms with van der Waals surface area (Å²) >= 11 is 0. The minimum atomic E-state index is -1.82.